The predicted octanol–water partition coefficient (Wildman–Crippen LogP) is 1.68. The molecule has 3 heterocycles. The van der Waals surface area contributed by atoms with Gasteiger partial charge in [0.25, 0.3) is 0 Å². The van der Waals surface area contributed by atoms with Crippen LogP contribution in [-0.4, -0.2) is 45.5 Å². The highest BCUT2D eigenvalue weighted by Gasteiger charge is 2.53. The van der Waals surface area contributed by atoms with E-state index in [4.69, 9.17) is 19.6 Å². The Morgan fingerprint density at radius 1 is 1.35 bits per heavy atom. The molecule has 26 heavy (non-hydrogen) atoms. The molecule has 0 saturated carbocycles. The smallest absolute Gasteiger partial charge is 0.306 e. The van der Waals surface area contributed by atoms with E-state index in [-0.39, 0.29) is 24.1 Å². The number of esters is 1. The van der Waals surface area contributed by atoms with E-state index < -0.39 is 24.5 Å². The Kier molecular flexibility index (Phi) is 6.26. The van der Waals surface area contributed by atoms with Crippen LogP contribution in [0.2, 0.25) is 0 Å². The number of nitrogens with one attached hydrogen (secondary N) is 1. The average molecular weight is 365 g/mol. The summed E-state index contributed by atoms with van der Waals surface area (Å²) in [5, 5.41) is 17.1. The topological polar surface area (TPSA) is 107 Å². The molecule has 4 atom stereocenters. The molecule has 0 aliphatic carbocycles. The van der Waals surface area contributed by atoms with Gasteiger partial charge in [-0.15, -0.1) is 0 Å². The molecule has 1 saturated heterocycles. The Morgan fingerprint density at radius 2 is 2.12 bits per heavy atom. The van der Waals surface area contributed by atoms with Crippen molar-refractivity contribution in [1.82, 2.24) is 9.55 Å². The molecular formula is C18H27N3O5. The molecule has 2 N–H and O–H groups in total. The second kappa shape index (κ2) is 8.64. The standard InChI is InChI=1S/C18H27N3O5/c1-2-3-4-5-6-7-8-14(23)25-15-12(11-22)24-17-16(15)26-18-20-13(19)9-10-21(17)18/h9-10,12,15-17,19,22H,2-8,11H2,1H3/t12-,15-,16+,17-/m1/s1. The van der Waals surface area contributed by atoms with Gasteiger partial charge in [-0.1, -0.05) is 39.0 Å². The number of carbonyl (C=O) groups excluding carboxylic acids is 1. The molecule has 0 amide bonds. The molecule has 8 nitrogen and oxygen atoms in total. The normalized spacial score (nSPS) is 26.2. The number of ether oxygens (including phenoxy) is 3. The second-order valence-corrected chi connectivity index (χ2v) is 6.81. The van der Waals surface area contributed by atoms with Crippen LogP contribution in [0, 0.1) is 5.41 Å². The third-order valence-electron chi connectivity index (χ3n) is 4.81. The van der Waals surface area contributed by atoms with Crippen LogP contribution in [0.4, 0.5) is 0 Å². The molecule has 0 radical (unpaired) electrons. The molecule has 1 fully saturated rings. The molecule has 144 valence electrons. The number of aromatic nitrogens is 2. The highest BCUT2D eigenvalue weighted by molar-refractivity contribution is 5.69. The van der Waals surface area contributed by atoms with Crippen molar-refractivity contribution in [2.75, 3.05) is 6.61 Å². The lowest BCUT2D eigenvalue weighted by atomic mass is 10.1. The van der Waals surface area contributed by atoms with E-state index in [0.717, 1.165) is 19.3 Å². The first-order chi connectivity index (χ1) is 12.6. The fraction of sp³-hybridized carbons (Fsp3) is 0.722. The zero-order valence-corrected chi connectivity index (χ0v) is 15.1. The van der Waals surface area contributed by atoms with Gasteiger partial charge in [-0.3, -0.25) is 14.8 Å². The van der Waals surface area contributed by atoms with Gasteiger partial charge in [-0.25, -0.2) is 0 Å². The largest absolute Gasteiger partial charge is 0.455 e. The summed E-state index contributed by atoms with van der Waals surface area (Å²) in [6.45, 7) is 1.92. The predicted molar refractivity (Wildman–Crippen MR) is 91.4 cm³/mol. The van der Waals surface area contributed by atoms with Crippen molar-refractivity contribution >= 4 is 5.97 Å². The third kappa shape index (κ3) is 4.07. The highest BCUT2D eigenvalue weighted by Crippen LogP contribution is 2.40. The molecular weight excluding hydrogens is 338 g/mol. The fourth-order valence-corrected chi connectivity index (χ4v) is 3.42. The van der Waals surface area contributed by atoms with Gasteiger partial charge in [-0.05, 0) is 12.5 Å². The number of fused-ring (bicyclic) bond motifs is 3. The Morgan fingerprint density at radius 3 is 2.88 bits per heavy atom. The van der Waals surface area contributed by atoms with Crippen LogP contribution in [0.1, 0.15) is 58.1 Å². The second-order valence-electron chi connectivity index (χ2n) is 6.81. The number of aliphatic hydroxyl groups is 1. The van der Waals surface area contributed by atoms with E-state index in [1.165, 1.54) is 25.3 Å². The van der Waals surface area contributed by atoms with E-state index in [1.54, 1.807) is 10.8 Å². The van der Waals surface area contributed by atoms with Crippen molar-refractivity contribution in [2.24, 2.45) is 0 Å². The summed E-state index contributed by atoms with van der Waals surface area (Å²) in [6.07, 6.45) is 6.20. The van der Waals surface area contributed by atoms with Gasteiger partial charge in [0, 0.05) is 12.6 Å². The SMILES string of the molecule is CCCCCCCCC(=O)O[C@H]1[C@@H]2Oc3nc(=N)ccn3[C@@H]2O[C@@H]1CO. The average Bonchev–Trinajstić information content (AvgIpc) is 3.13. The minimum absolute atomic E-state index is 0.0894. The summed E-state index contributed by atoms with van der Waals surface area (Å²) in [7, 11) is 0. The monoisotopic (exact) mass is 365 g/mol. The lowest BCUT2D eigenvalue weighted by Gasteiger charge is -2.20. The number of aliphatic hydroxyl groups excluding tert-OH is 1. The van der Waals surface area contributed by atoms with Gasteiger partial charge in [0.05, 0.1) is 6.61 Å². The van der Waals surface area contributed by atoms with E-state index in [9.17, 15) is 9.90 Å². The maximum Gasteiger partial charge on any atom is 0.306 e. The minimum Gasteiger partial charge on any atom is -0.455 e. The number of nitrogens with zero attached hydrogens (tertiary/aromatic N) is 2. The maximum atomic E-state index is 12.2. The van der Waals surface area contributed by atoms with Gasteiger partial charge in [0.1, 0.15) is 6.10 Å². The number of hydrogen-bond acceptors (Lipinski definition) is 7. The number of rotatable bonds is 9. The molecule has 8 heteroatoms. The highest BCUT2D eigenvalue weighted by atomic mass is 16.7. The number of carbonyl (C=O) groups is 1. The van der Waals surface area contributed by atoms with E-state index >= 15 is 0 Å². The van der Waals surface area contributed by atoms with Gasteiger partial charge in [0.2, 0.25) is 0 Å². The van der Waals surface area contributed by atoms with Crippen LogP contribution in [0.25, 0.3) is 0 Å². The van der Waals surface area contributed by atoms with Crippen molar-refractivity contribution < 1.29 is 24.1 Å². The van der Waals surface area contributed by atoms with Crippen LogP contribution in [0.3, 0.4) is 0 Å². The fourth-order valence-electron chi connectivity index (χ4n) is 3.42. The Bertz CT molecular complexity index is 677. The summed E-state index contributed by atoms with van der Waals surface area (Å²) in [5.41, 5.74) is 0.0894. The van der Waals surface area contributed by atoms with Gasteiger partial charge < -0.3 is 19.3 Å². The molecule has 3 rings (SSSR count). The van der Waals surface area contributed by atoms with Crippen molar-refractivity contribution in [3.8, 4) is 6.01 Å². The molecule has 2 aliphatic rings. The molecule has 1 aromatic heterocycles. The Labute approximate surface area is 152 Å². The summed E-state index contributed by atoms with van der Waals surface area (Å²) in [6, 6.07) is 1.80. The minimum atomic E-state index is -0.687. The quantitative estimate of drug-likeness (QED) is 0.509. The molecule has 0 aromatic carbocycles. The van der Waals surface area contributed by atoms with E-state index in [1.807, 2.05) is 0 Å². The maximum absolute atomic E-state index is 12.2. The first-order valence-corrected chi connectivity index (χ1v) is 9.40. The summed E-state index contributed by atoms with van der Waals surface area (Å²) >= 11 is 0. The molecule has 1 aromatic rings. The third-order valence-corrected chi connectivity index (χ3v) is 4.81. The van der Waals surface area contributed by atoms with Gasteiger partial charge >= 0.3 is 12.0 Å². The van der Waals surface area contributed by atoms with Crippen LogP contribution in [0.15, 0.2) is 12.3 Å². The van der Waals surface area contributed by atoms with Crippen LogP contribution >= 0.6 is 0 Å². The van der Waals surface area contributed by atoms with E-state index in [0.29, 0.717) is 6.42 Å². The zero-order valence-electron chi connectivity index (χ0n) is 15.1. The van der Waals surface area contributed by atoms with Crippen LogP contribution < -0.4 is 10.2 Å². The molecule has 0 spiro atoms. The van der Waals surface area contributed by atoms with E-state index in [2.05, 4.69) is 11.9 Å². The van der Waals surface area contributed by atoms with Crippen LogP contribution in [0.5, 0.6) is 6.01 Å². The summed E-state index contributed by atoms with van der Waals surface area (Å²) < 4.78 is 18.8. The van der Waals surface area contributed by atoms with Crippen LogP contribution in [-0.2, 0) is 14.3 Å². The molecule has 0 bridgehead atoms. The molecule has 2 aliphatic heterocycles. The van der Waals surface area contributed by atoms with Crippen molar-refractivity contribution in [2.45, 2.75) is 76.4 Å². The Hall–Kier alpha value is -1.93. The Balaban J connectivity index is 1.54. The number of unbranched alkanes of at least 4 members (excludes halogenated alkanes) is 5. The lowest BCUT2D eigenvalue weighted by Crippen LogP contribution is -2.39. The van der Waals surface area contributed by atoms with Crippen molar-refractivity contribution in [3.63, 3.8) is 0 Å². The summed E-state index contributed by atoms with van der Waals surface area (Å²) in [5.74, 6) is -0.299. The molecule has 0 unspecified atom stereocenters. The first kappa shape index (κ1) is 18.8. The van der Waals surface area contributed by atoms with Gasteiger partial charge in [-0.2, -0.15) is 4.98 Å². The lowest BCUT2D eigenvalue weighted by molar-refractivity contribution is -0.156. The van der Waals surface area contributed by atoms with Crippen molar-refractivity contribution in [3.05, 3.63) is 17.8 Å². The van der Waals surface area contributed by atoms with Crippen molar-refractivity contribution in [1.29, 1.82) is 5.41 Å². The zero-order chi connectivity index (χ0) is 18.5. The number of hydrogen-bond donors (Lipinski definition) is 2. The first-order valence-electron chi connectivity index (χ1n) is 9.40. The summed E-state index contributed by atoms with van der Waals surface area (Å²) in [4.78, 5) is 16.2. The van der Waals surface area contributed by atoms with Gasteiger partial charge in [0.15, 0.2) is 23.9 Å².